The lowest BCUT2D eigenvalue weighted by molar-refractivity contribution is -0.453. The van der Waals surface area contributed by atoms with Gasteiger partial charge in [0.15, 0.2) is 0 Å². The third-order valence-electron chi connectivity index (χ3n) is 2.90. The molecule has 0 saturated heterocycles. The first kappa shape index (κ1) is 18.9. The van der Waals surface area contributed by atoms with Gasteiger partial charge in [0.05, 0.1) is 17.2 Å². The minimum atomic E-state index is -1.13. The number of hydrogen-bond donors (Lipinski definition) is 0. The van der Waals surface area contributed by atoms with Crippen molar-refractivity contribution in [2.24, 2.45) is 0 Å². The largest absolute Gasteiger partial charge is 0.543 e. The first-order valence-electron chi connectivity index (χ1n) is 7.09. The highest BCUT2D eigenvalue weighted by molar-refractivity contribution is 5.88. The van der Waals surface area contributed by atoms with E-state index in [1.165, 1.54) is 7.11 Å². The minimum absolute atomic E-state index is 0.0231. The van der Waals surface area contributed by atoms with E-state index < -0.39 is 18.2 Å². The number of ether oxygens (including phenoxy) is 2. The van der Waals surface area contributed by atoms with Crippen LogP contribution in [0.1, 0.15) is 43.6 Å². The van der Waals surface area contributed by atoms with Gasteiger partial charge < -0.3 is 9.47 Å². The van der Waals surface area contributed by atoms with Crippen molar-refractivity contribution in [1.29, 1.82) is 0 Å². The molecular formula is C16H22O7. The summed E-state index contributed by atoms with van der Waals surface area (Å²) in [5.41, 5.74) is 1.31. The number of benzene rings is 1. The molecule has 0 saturated carbocycles. The average Bonchev–Trinajstić information content (AvgIpc) is 2.46. The predicted molar refractivity (Wildman–Crippen MR) is 80.5 cm³/mol. The molecule has 23 heavy (non-hydrogen) atoms. The van der Waals surface area contributed by atoms with Crippen molar-refractivity contribution in [3.05, 3.63) is 35.4 Å². The summed E-state index contributed by atoms with van der Waals surface area (Å²) in [6.07, 6.45) is -1.65. The Kier molecular flexibility index (Phi) is 6.99. The number of rotatable bonds is 6. The van der Waals surface area contributed by atoms with Gasteiger partial charge in [-0.05, 0) is 30.0 Å². The summed E-state index contributed by atoms with van der Waals surface area (Å²) in [7, 11) is 1.47. The molecule has 0 aliphatic carbocycles. The van der Waals surface area contributed by atoms with E-state index >= 15 is 0 Å². The Balaban J connectivity index is 2.41. The van der Waals surface area contributed by atoms with E-state index in [0.717, 1.165) is 5.56 Å². The molecule has 0 fully saturated rings. The highest BCUT2D eigenvalue weighted by Gasteiger charge is 2.17. The van der Waals surface area contributed by atoms with E-state index in [-0.39, 0.29) is 17.6 Å². The maximum absolute atomic E-state index is 11.7. The van der Waals surface area contributed by atoms with Crippen LogP contribution >= 0.6 is 0 Å². The molecule has 0 bridgehead atoms. The van der Waals surface area contributed by atoms with E-state index in [4.69, 9.17) is 9.47 Å². The SMILES string of the molecule is COCC(C)OC(=O)OOOC(=O)c1ccc(C(C)(C)C)cc1. The van der Waals surface area contributed by atoms with Gasteiger partial charge in [-0.25, -0.2) is 14.5 Å². The van der Waals surface area contributed by atoms with E-state index in [0.29, 0.717) is 0 Å². The average molecular weight is 326 g/mol. The van der Waals surface area contributed by atoms with E-state index in [1.54, 1.807) is 19.1 Å². The van der Waals surface area contributed by atoms with Gasteiger partial charge in [-0.1, -0.05) is 32.9 Å². The molecule has 0 heterocycles. The van der Waals surface area contributed by atoms with Crippen molar-refractivity contribution < 1.29 is 33.9 Å². The van der Waals surface area contributed by atoms with E-state index in [2.05, 4.69) is 35.6 Å². The first-order valence-corrected chi connectivity index (χ1v) is 7.09. The number of hydrogen-bond acceptors (Lipinski definition) is 7. The molecular weight excluding hydrogens is 304 g/mol. The van der Waals surface area contributed by atoms with Crippen LogP contribution < -0.4 is 0 Å². The van der Waals surface area contributed by atoms with Crippen molar-refractivity contribution in [3.8, 4) is 0 Å². The summed E-state index contributed by atoms with van der Waals surface area (Å²) in [5, 5.41) is 4.12. The van der Waals surface area contributed by atoms with Crippen LogP contribution in [0.2, 0.25) is 0 Å². The Morgan fingerprint density at radius 1 is 1.09 bits per heavy atom. The fraction of sp³-hybridized carbons (Fsp3) is 0.500. The standard InChI is InChI=1S/C16H22O7/c1-11(10-19-5)20-15(18)22-23-21-14(17)12-6-8-13(9-7-12)16(2,3)4/h6-9,11H,10H2,1-5H3. The second kappa shape index (κ2) is 8.50. The van der Waals surface area contributed by atoms with Gasteiger partial charge in [0.25, 0.3) is 0 Å². The fourth-order valence-corrected chi connectivity index (χ4v) is 1.68. The van der Waals surface area contributed by atoms with Gasteiger partial charge in [0, 0.05) is 7.11 Å². The molecule has 0 N–H and O–H groups in total. The molecule has 1 rings (SSSR count). The molecule has 0 spiro atoms. The molecule has 7 nitrogen and oxygen atoms in total. The van der Waals surface area contributed by atoms with Crippen LogP contribution in [0, 0.1) is 0 Å². The molecule has 1 aromatic rings. The van der Waals surface area contributed by atoms with Gasteiger partial charge in [-0.2, -0.15) is 0 Å². The van der Waals surface area contributed by atoms with Crippen molar-refractivity contribution in [1.82, 2.24) is 0 Å². The summed E-state index contributed by atoms with van der Waals surface area (Å²) in [5.74, 6) is -0.789. The molecule has 1 aromatic carbocycles. The molecule has 0 aromatic heterocycles. The fourth-order valence-electron chi connectivity index (χ4n) is 1.68. The maximum Gasteiger partial charge on any atom is 0.543 e. The summed E-state index contributed by atoms with van der Waals surface area (Å²) in [4.78, 5) is 31.4. The third kappa shape index (κ3) is 6.66. The Labute approximate surface area is 135 Å². The van der Waals surface area contributed by atoms with Crippen LogP contribution in [0.15, 0.2) is 24.3 Å². The smallest absolute Gasteiger partial charge is 0.427 e. The normalized spacial score (nSPS) is 12.4. The molecule has 0 aliphatic heterocycles. The summed E-state index contributed by atoms with van der Waals surface area (Å²) < 4.78 is 9.51. The van der Waals surface area contributed by atoms with E-state index in [9.17, 15) is 9.59 Å². The van der Waals surface area contributed by atoms with Gasteiger partial charge >= 0.3 is 12.1 Å². The minimum Gasteiger partial charge on any atom is -0.427 e. The molecule has 0 radical (unpaired) electrons. The van der Waals surface area contributed by atoms with Crippen LogP contribution in [0.25, 0.3) is 0 Å². The van der Waals surface area contributed by atoms with Crippen LogP contribution in [0.4, 0.5) is 4.79 Å². The highest BCUT2D eigenvalue weighted by atomic mass is 17.5. The zero-order valence-corrected chi connectivity index (χ0v) is 14.0. The Hall–Kier alpha value is -2.12. The number of carbonyl (C=O) groups excluding carboxylic acids is 2. The van der Waals surface area contributed by atoms with Crippen LogP contribution in [0.3, 0.4) is 0 Å². The van der Waals surface area contributed by atoms with Crippen molar-refractivity contribution in [2.75, 3.05) is 13.7 Å². The molecule has 1 atom stereocenters. The monoisotopic (exact) mass is 326 g/mol. The molecule has 0 amide bonds. The first-order chi connectivity index (χ1) is 10.7. The molecule has 7 heteroatoms. The lowest BCUT2D eigenvalue weighted by Gasteiger charge is -2.18. The number of methoxy groups -OCH3 is 1. The highest BCUT2D eigenvalue weighted by Crippen LogP contribution is 2.22. The van der Waals surface area contributed by atoms with Crippen molar-refractivity contribution in [3.63, 3.8) is 0 Å². The van der Waals surface area contributed by atoms with Crippen molar-refractivity contribution >= 4 is 12.1 Å². The lowest BCUT2D eigenvalue weighted by atomic mass is 9.87. The second-order valence-corrected chi connectivity index (χ2v) is 5.98. The third-order valence-corrected chi connectivity index (χ3v) is 2.90. The lowest BCUT2D eigenvalue weighted by Crippen LogP contribution is -2.21. The summed E-state index contributed by atoms with van der Waals surface area (Å²) >= 11 is 0. The maximum atomic E-state index is 11.7. The number of carbonyl (C=O) groups is 2. The van der Waals surface area contributed by atoms with Gasteiger partial charge in [0.2, 0.25) is 0 Å². The Morgan fingerprint density at radius 3 is 2.22 bits per heavy atom. The molecule has 1 unspecified atom stereocenters. The Morgan fingerprint density at radius 2 is 1.70 bits per heavy atom. The van der Waals surface area contributed by atoms with Crippen LogP contribution in [-0.2, 0) is 29.7 Å². The predicted octanol–water partition coefficient (Wildman–Crippen LogP) is 3.18. The Bertz CT molecular complexity index is 516. The van der Waals surface area contributed by atoms with Crippen molar-refractivity contribution in [2.45, 2.75) is 39.2 Å². The summed E-state index contributed by atoms with van der Waals surface area (Å²) in [6.45, 7) is 8.00. The topological polar surface area (TPSA) is 80.3 Å². The zero-order valence-electron chi connectivity index (χ0n) is 14.0. The molecule has 0 aliphatic rings. The van der Waals surface area contributed by atoms with Crippen LogP contribution in [0.5, 0.6) is 0 Å². The second-order valence-electron chi connectivity index (χ2n) is 5.98. The van der Waals surface area contributed by atoms with Gasteiger partial charge in [-0.3, -0.25) is 4.89 Å². The molecule has 128 valence electrons. The van der Waals surface area contributed by atoms with Crippen LogP contribution in [-0.4, -0.2) is 31.9 Å². The quantitative estimate of drug-likeness (QED) is 0.451. The van der Waals surface area contributed by atoms with Gasteiger partial charge in [0.1, 0.15) is 6.10 Å². The summed E-state index contributed by atoms with van der Waals surface area (Å²) in [6, 6.07) is 6.84. The van der Waals surface area contributed by atoms with Gasteiger partial charge in [-0.15, -0.1) is 0 Å². The van der Waals surface area contributed by atoms with E-state index in [1.807, 2.05) is 12.1 Å². The zero-order chi connectivity index (χ0) is 17.5.